The van der Waals surface area contributed by atoms with Crippen molar-refractivity contribution in [3.05, 3.63) is 35.1 Å². The maximum absolute atomic E-state index is 13.6. The molecule has 1 aliphatic carbocycles. The molecule has 15 heavy (non-hydrogen) atoms. The van der Waals surface area contributed by atoms with E-state index in [0.29, 0.717) is 12.8 Å². The number of rotatable bonds is 1. The Kier molecular flexibility index (Phi) is 2.85. The second-order valence-corrected chi connectivity index (χ2v) is 4.36. The minimum atomic E-state index is -0.166. The van der Waals surface area contributed by atoms with Gasteiger partial charge in [-0.1, -0.05) is 17.7 Å². The summed E-state index contributed by atoms with van der Waals surface area (Å²) in [7, 11) is 0. The van der Waals surface area contributed by atoms with E-state index >= 15 is 0 Å². The molecule has 0 bridgehead atoms. The van der Waals surface area contributed by atoms with Crippen molar-refractivity contribution in [3.63, 3.8) is 0 Å². The lowest BCUT2D eigenvalue weighted by Crippen LogP contribution is -2.14. The van der Waals surface area contributed by atoms with E-state index in [1.807, 2.05) is 13.0 Å². The highest BCUT2D eigenvalue weighted by atomic mass is 19.1. The molecule has 0 heterocycles. The van der Waals surface area contributed by atoms with Crippen LogP contribution in [0.15, 0.2) is 18.2 Å². The minimum Gasteiger partial charge on any atom is -0.300 e. The standard InChI is InChI=1S/C13H15FO/c1-9-5-6-13(14)12(7-9)10-3-2-4-11(15)8-10/h5-7,10H,2-4,8H2,1H3. The molecule has 1 saturated carbocycles. The van der Waals surface area contributed by atoms with E-state index in [-0.39, 0.29) is 17.5 Å². The summed E-state index contributed by atoms with van der Waals surface area (Å²) in [6, 6.07) is 5.14. The van der Waals surface area contributed by atoms with Gasteiger partial charge in [-0.25, -0.2) is 4.39 Å². The third-order valence-corrected chi connectivity index (χ3v) is 3.07. The summed E-state index contributed by atoms with van der Waals surface area (Å²) in [6.45, 7) is 1.95. The summed E-state index contributed by atoms with van der Waals surface area (Å²) in [4.78, 5) is 11.3. The van der Waals surface area contributed by atoms with Gasteiger partial charge in [-0.2, -0.15) is 0 Å². The van der Waals surface area contributed by atoms with Crippen molar-refractivity contribution >= 4 is 5.78 Å². The Morgan fingerprint density at radius 2 is 2.20 bits per heavy atom. The molecular formula is C13H15FO. The van der Waals surface area contributed by atoms with Crippen LogP contribution in [-0.4, -0.2) is 5.78 Å². The van der Waals surface area contributed by atoms with Crippen LogP contribution in [0.5, 0.6) is 0 Å². The molecule has 2 heteroatoms. The van der Waals surface area contributed by atoms with Gasteiger partial charge >= 0.3 is 0 Å². The van der Waals surface area contributed by atoms with Crippen molar-refractivity contribution in [3.8, 4) is 0 Å². The van der Waals surface area contributed by atoms with E-state index in [0.717, 1.165) is 24.0 Å². The summed E-state index contributed by atoms with van der Waals surface area (Å²) >= 11 is 0. The lowest BCUT2D eigenvalue weighted by atomic mass is 9.83. The zero-order valence-corrected chi connectivity index (χ0v) is 8.92. The summed E-state index contributed by atoms with van der Waals surface area (Å²) < 4.78 is 13.6. The Balaban J connectivity index is 2.27. The Labute approximate surface area is 89.3 Å². The van der Waals surface area contributed by atoms with Crippen molar-refractivity contribution < 1.29 is 9.18 Å². The van der Waals surface area contributed by atoms with Gasteiger partial charge in [-0.3, -0.25) is 4.79 Å². The van der Waals surface area contributed by atoms with Crippen LogP contribution < -0.4 is 0 Å². The number of hydrogen-bond acceptors (Lipinski definition) is 1. The van der Waals surface area contributed by atoms with E-state index in [1.54, 1.807) is 6.07 Å². The molecule has 1 aromatic rings. The molecule has 2 rings (SSSR count). The first-order chi connectivity index (χ1) is 7.16. The highest BCUT2D eigenvalue weighted by Crippen LogP contribution is 2.32. The van der Waals surface area contributed by atoms with Crippen LogP contribution >= 0.6 is 0 Å². The molecule has 0 radical (unpaired) electrons. The van der Waals surface area contributed by atoms with Crippen LogP contribution in [-0.2, 0) is 4.79 Å². The van der Waals surface area contributed by atoms with Gasteiger partial charge in [0.1, 0.15) is 11.6 Å². The second-order valence-electron chi connectivity index (χ2n) is 4.36. The Morgan fingerprint density at radius 3 is 2.93 bits per heavy atom. The Hall–Kier alpha value is -1.18. The van der Waals surface area contributed by atoms with Crippen molar-refractivity contribution in [2.45, 2.75) is 38.5 Å². The molecule has 0 saturated heterocycles. The highest BCUT2D eigenvalue weighted by Gasteiger charge is 2.23. The van der Waals surface area contributed by atoms with Crippen LogP contribution in [0, 0.1) is 12.7 Å². The number of carbonyl (C=O) groups excluding carboxylic acids is 1. The summed E-state index contributed by atoms with van der Waals surface area (Å²) in [5.74, 6) is 0.207. The predicted molar refractivity (Wildman–Crippen MR) is 57.4 cm³/mol. The summed E-state index contributed by atoms with van der Waals surface area (Å²) in [5, 5.41) is 0. The first kappa shape index (κ1) is 10.3. The molecular weight excluding hydrogens is 191 g/mol. The van der Waals surface area contributed by atoms with E-state index in [1.165, 1.54) is 6.07 Å². The number of halogens is 1. The molecule has 0 N–H and O–H groups in total. The third kappa shape index (κ3) is 2.25. The Morgan fingerprint density at radius 1 is 1.40 bits per heavy atom. The maximum atomic E-state index is 13.6. The van der Waals surface area contributed by atoms with Gasteiger partial charge in [-0.05, 0) is 37.3 Å². The van der Waals surface area contributed by atoms with E-state index < -0.39 is 0 Å². The highest BCUT2D eigenvalue weighted by molar-refractivity contribution is 5.80. The molecule has 0 amide bonds. The van der Waals surface area contributed by atoms with E-state index in [2.05, 4.69) is 0 Å². The van der Waals surface area contributed by atoms with E-state index in [9.17, 15) is 9.18 Å². The average Bonchev–Trinajstić information content (AvgIpc) is 2.22. The molecule has 0 aliphatic heterocycles. The summed E-state index contributed by atoms with van der Waals surface area (Å²) in [5.41, 5.74) is 1.78. The van der Waals surface area contributed by atoms with Crippen LogP contribution in [0.2, 0.25) is 0 Å². The van der Waals surface area contributed by atoms with Gasteiger partial charge in [0.05, 0.1) is 0 Å². The fourth-order valence-electron chi connectivity index (χ4n) is 2.27. The van der Waals surface area contributed by atoms with Crippen molar-refractivity contribution in [1.29, 1.82) is 0 Å². The predicted octanol–water partition coefficient (Wildman–Crippen LogP) is 3.36. The van der Waals surface area contributed by atoms with Gasteiger partial charge in [0.15, 0.2) is 0 Å². The fourth-order valence-corrected chi connectivity index (χ4v) is 2.27. The topological polar surface area (TPSA) is 17.1 Å². The quantitative estimate of drug-likeness (QED) is 0.688. The minimum absolute atomic E-state index is 0.103. The van der Waals surface area contributed by atoms with Gasteiger partial charge < -0.3 is 0 Å². The monoisotopic (exact) mass is 206 g/mol. The normalized spacial score (nSPS) is 21.7. The third-order valence-electron chi connectivity index (χ3n) is 3.07. The first-order valence-corrected chi connectivity index (χ1v) is 5.44. The number of aryl methyl sites for hydroxylation is 1. The molecule has 1 atom stereocenters. The van der Waals surface area contributed by atoms with Gasteiger partial charge in [-0.15, -0.1) is 0 Å². The van der Waals surface area contributed by atoms with Gasteiger partial charge in [0.25, 0.3) is 0 Å². The Bertz CT molecular complexity index is 384. The van der Waals surface area contributed by atoms with Crippen LogP contribution in [0.1, 0.15) is 42.7 Å². The number of benzene rings is 1. The SMILES string of the molecule is Cc1ccc(F)c(C2CCCC(=O)C2)c1. The van der Waals surface area contributed by atoms with Crippen molar-refractivity contribution in [1.82, 2.24) is 0 Å². The maximum Gasteiger partial charge on any atom is 0.133 e. The zero-order valence-electron chi connectivity index (χ0n) is 8.92. The summed E-state index contributed by atoms with van der Waals surface area (Å²) in [6.07, 6.45) is 3.02. The fraction of sp³-hybridized carbons (Fsp3) is 0.462. The van der Waals surface area contributed by atoms with Gasteiger partial charge in [0.2, 0.25) is 0 Å². The molecule has 0 aromatic heterocycles. The zero-order chi connectivity index (χ0) is 10.8. The lowest BCUT2D eigenvalue weighted by Gasteiger charge is -2.21. The molecule has 1 aliphatic rings. The van der Waals surface area contributed by atoms with Crippen LogP contribution in [0.25, 0.3) is 0 Å². The number of carbonyl (C=O) groups is 1. The lowest BCUT2D eigenvalue weighted by molar-refractivity contribution is -0.120. The number of Topliss-reactive ketones (excluding diaryl/α,β-unsaturated/α-hetero) is 1. The number of ketones is 1. The molecule has 80 valence electrons. The molecule has 1 nitrogen and oxygen atoms in total. The van der Waals surface area contributed by atoms with Crippen LogP contribution in [0.4, 0.5) is 4.39 Å². The molecule has 0 spiro atoms. The van der Waals surface area contributed by atoms with Crippen LogP contribution in [0.3, 0.4) is 0 Å². The second kappa shape index (κ2) is 4.13. The molecule has 1 fully saturated rings. The van der Waals surface area contributed by atoms with E-state index in [4.69, 9.17) is 0 Å². The van der Waals surface area contributed by atoms with Crippen molar-refractivity contribution in [2.24, 2.45) is 0 Å². The largest absolute Gasteiger partial charge is 0.300 e. The average molecular weight is 206 g/mol. The number of hydrogen-bond donors (Lipinski definition) is 0. The molecule has 1 unspecified atom stereocenters. The van der Waals surface area contributed by atoms with Gasteiger partial charge in [0, 0.05) is 12.8 Å². The smallest absolute Gasteiger partial charge is 0.133 e. The van der Waals surface area contributed by atoms with Crippen molar-refractivity contribution in [2.75, 3.05) is 0 Å². The first-order valence-electron chi connectivity index (χ1n) is 5.44. The molecule has 1 aromatic carbocycles.